The van der Waals surface area contributed by atoms with Crippen LogP contribution in [0, 0.1) is 6.92 Å². The van der Waals surface area contributed by atoms with Crippen molar-refractivity contribution in [3.8, 4) is 0 Å². The van der Waals surface area contributed by atoms with E-state index in [1.165, 1.54) is 5.69 Å². The second-order valence-electron chi connectivity index (χ2n) is 6.73. The van der Waals surface area contributed by atoms with E-state index >= 15 is 0 Å². The molecule has 0 radical (unpaired) electrons. The molecule has 1 aliphatic heterocycles. The molecule has 3 heterocycles. The number of fused-ring (bicyclic) bond motifs is 1. The van der Waals surface area contributed by atoms with Crippen LogP contribution < -0.4 is 14.7 Å². The van der Waals surface area contributed by atoms with Gasteiger partial charge in [-0.25, -0.2) is 15.0 Å². The monoisotopic (exact) mass is 349 g/mol. The zero-order valence-corrected chi connectivity index (χ0v) is 15.4. The van der Waals surface area contributed by atoms with Crippen LogP contribution in [0.15, 0.2) is 36.9 Å². The van der Waals surface area contributed by atoms with Crippen LogP contribution in [0.4, 0.5) is 17.3 Å². The predicted molar refractivity (Wildman–Crippen MR) is 105 cm³/mol. The van der Waals surface area contributed by atoms with Crippen molar-refractivity contribution in [1.82, 2.24) is 19.9 Å². The zero-order valence-electron chi connectivity index (χ0n) is 15.4. The summed E-state index contributed by atoms with van der Waals surface area (Å²) in [7, 11) is 4.02. The van der Waals surface area contributed by atoms with Crippen LogP contribution in [0.2, 0.25) is 0 Å². The van der Waals surface area contributed by atoms with Crippen LogP contribution in [0.3, 0.4) is 0 Å². The van der Waals surface area contributed by atoms with E-state index in [9.17, 15) is 0 Å². The van der Waals surface area contributed by atoms with Crippen molar-refractivity contribution in [1.29, 1.82) is 0 Å². The van der Waals surface area contributed by atoms with E-state index in [1.807, 2.05) is 25.9 Å². The summed E-state index contributed by atoms with van der Waals surface area (Å²) in [6.45, 7) is 5.78. The zero-order chi connectivity index (χ0) is 18.1. The fourth-order valence-electron chi connectivity index (χ4n) is 3.47. The molecule has 1 aromatic carbocycles. The first kappa shape index (κ1) is 16.5. The first-order valence-electron chi connectivity index (χ1n) is 8.83. The van der Waals surface area contributed by atoms with Crippen LogP contribution >= 0.6 is 0 Å². The number of piperazine rings is 1. The van der Waals surface area contributed by atoms with Crippen molar-refractivity contribution in [2.45, 2.75) is 6.92 Å². The lowest BCUT2D eigenvalue weighted by atomic mass is 10.1. The Hall–Kier alpha value is -2.96. The first-order valence-corrected chi connectivity index (χ1v) is 8.83. The van der Waals surface area contributed by atoms with E-state index in [0.29, 0.717) is 0 Å². The van der Waals surface area contributed by atoms with Gasteiger partial charge in [0.1, 0.15) is 18.0 Å². The van der Waals surface area contributed by atoms with E-state index < -0.39 is 0 Å². The fraction of sp³-hybridized carbons (Fsp3) is 0.368. The van der Waals surface area contributed by atoms with Crippen LogP contribution in [0.1, 0.15) is 5.69 Å². The fourth-order valence-corrected chi connectivity index (χ4v) is 3.47. The normalized spacial score (nSPS) is 14.7. The van der Waals surface area contributed by atoms with E-state index in [2.05, 4.69) is 47.9 Å². The maximum Gasteiger partial charge on any atom is 0.150 e. The number of aryl methyl sites for hydroxylation is 1. The van der Waals surface area contributed by atoms with Gasteiger partial charge in [-0.15, -0.1) is 0 Å². The number of hydrogen-bond donors (Lipinski definition) is 0. The highest BCUT2D eigenvalue weighted by atomic mass is 15.3. The summed E-state index contributed by atoms with van der Waals surface area (Å²) in [5.74, 6) is 1.94. The predicted octanol–water partition coefficient (Wildman–Crippen LogP) is 2.12. The lowest BCUT2D eigenvalue weighted by Crippen LogP contribution is -2.47. The van der Waals surface area contributed by atoms with Crippen molar-refractivity contribution in [2.24, 2.45) is 0 Å². The Kier molecular flexibility index (Phi) is 4.28. The molecule has 1 saturated heterocycles. The summed E-state index contributed by atoms with van der Waals surface area (Å²) >= 11 is 0. The van der Waals surface area contributed by atoms with E-state index in [1.54, 1.807) is 18.7 Å². The lowest BCUT2D eigenvalue weighted by Gasteiger charge is -2.37. The molecular weight excluding hydrogens is 326 g/mol. The van der Waals surface area contributed by atoms with Gasteiger partial charge in [0.05, 0.1) is 11.2 Å². The Bertz CT molecular complexity index is 917. The van der Waals surface area contributed by atoms with Gasteiger partial charge in [-0.2, -0.15) is 0 Å². The topological polar surface area (TPSA) is 61.3 Å². The first-order chi connectivity index (χ1) is 12.6. The SMILES string of the molecule is Cc1nccnc1N1CCN(c2ccc3ncnc(N(C)C)c3c2)CC1. The van der Waals surface area contributed by atoms with Crippen LogP contribution in [0.25, 0.3) is 10.9 Å². The largest absolute Gasteiger partial charge is 0.368 e. The third-order valence-corrected chi connectivity index (χ3v) is 4.82. The molecule has 0 amide bonds. The molecule has 0 saturated carbocycles. The van der Waals surface area contributed by atoms with Crippen molar-refractivity contribution >= 4 is 28.2 Å². The molecule has 0 atom stereocenters. The van der Waals surface area contributed by atoms with E-state index in [-0.39, 0.29) is 0 Å². The highest BCUT2D eigenvalue weighted by Crippen LogP contribution is 2.27. The number of hydrogen-bond acceptors (Lipinski definition) is 7. The Labute approximate surface area is 153 Å². The van der Waals surface area contributed by atoms with Crippen molar-refractivity contribution in [3.63, 3.8) is 0 Å². The molecule has 3 aromatic rings. The minimum atomic E-state index is 0.934. The number of anilines is 3. The van der Waals surface area contributed by atoms with Gasteiger partial charge in [-0.05, 0) is 25.1 Å². The molecule has 0 bridgehead atoms. The Morgan fingerprint density at radius 3 is 2.35 bits per heavy atom. The van der Waals surface area contributed by atoms with Gasteiger partial charge in [0, 0.05) is 63.7 Å². The molecule has 1 aliphatic rings. The highest BCUT2D eigenvalue weighted by Gasteiger charge is 2.20. The quantitative estimate of drug-likeness (QED) is 0.718. The van der Waals surface area contributed by atoms with Crippen LogP contribution in [-0.4, -0.2) is 60.2 Å². The highest BCUT2D eigenvalue weighted by molar-refractivity contribution is 5.91. The Morgan fingerprint density at radius 2 is 1.62 bits per heavy atom. The van der Waals surface area contributed by atoms with Crippen molar-refractivity contribution in [2.75, 3.05) is 55.0 Å². The molecule has 134 valence electrons. The summed E-state index contributed by atoms with van der Waals surface area (Å²) in [5, 5.41) is 1.09. The lowest BCUT2D eigenvalue weighted by molar-refractivity contribution is 0.644. The second-order valence-corrected chi connectivity index (χ2v) is 6.73. The summed E-state index contributed by atoms with van der Waals surface area (Å²) in [5.41, 5.74) is 3.17. The number of rotatable bonds is 3. The Morgan fingerprint density at radius 1 is 0.885 bits per heavy atom. The minimum Gasteiger partial charge on any atom is -0.368 e. The Balaban J connectivity index is 1.56. The number of benzene rings is 1. The van der Waals surface area contributed by atoms with Gasteiger partial charge < -0.3 is 14.7 Å². The van der Waals surface area contributed by atoms with Gasteiger partial charge in [-0.1, -0.05) is 0 Å². The van der Waals surface area contributed by atoms with E-state index in [4.69, 9.17) is 0 Å². The van der Waals surface area contributed by atoms with Gasteiger partial charge >= 0.3 is 0 Å². The molecule has 4 rings (SSSR count). The standard InChI is InChI=1S/C19H23N7/c1-14-18(21-7-6-20-14)26-10-8-25(9-11-26)15-4-5-17-16(12-15)19(24(2)3)23-13-22-17/h4-7,12-13H,8-11H2,1-3H3. The third-order valence-electron chi connectivity index (χ3n) is 4.82. The van der Waals surface area contributed by atoms with Crippen LogP contribution in [0.5, 0.6) is 0 Å². The summed E-state index contributed by atoms with van der Waals surface area (Å²) in [6.07, 6.45) is 5.13. The van der Waals surface area contributed by atoms with Gasteiger partial charge in [0.25, 0.3) is 0 Å². The summed E-state index contributed by atoms with van der Waals surface area (Å²) < 4.78 is 0. The molecule has 0 spiro atoms. The van der Waals surface area contributed by atoms with Gasteiger partial charge in [0.15, 0.2) is 0 Å². The van der Waals surface area contributed by atoms with Crippen LogP contribution in [-0.2, 0) is 0 Å². The molecular formula is C19H23N7. The minimum absolute atomic E-state index is 0.934. The smallest absolute Gasteiger partial charge is 0.150 e. The van der Waals surface area contributed by atoms with Gasteiger partial charge in [0.2, 0.25) is 0 Å². The van der Waals surface area contributed by atoms with Crippen molar-refractivity contribution < 1.29 is 0 Å². The number of nitrogens with zero attached hydrogens (tertiary/aromatic N) is 7. The average Bonchev–Trinajstić information content (AvgIpc) is 2.67. The van der Waals surface area contributed by atoms with E-state index in [0.717, 1.165) is 54.4 Å². The second kappa shape index (κ2) is 6.74. The summed E-state index contributed by atoms with van der Waals surface area (Å²) in [4.78, 5) is 24.4. The molecule has 2 aromatic heterocycles. The number of aromatic nitrogens is 4. The molecule has 0 unspecified atom stereocenters. The molecule has 1 fully saturated rings. The molecule has 7 nitrogen and oxygen atoms in total. The molecule has 0 N–H and O–H groups in total. The molecule has 7 heteroatoms. The maximum atomic E-state index is 4.49. The molecule has 0 aliphatic carbocycles. The molecule has 26 heavy (non-hydrogen) atoms. The van der Waals surface area contributed by atoms with Crippen molar-refractivity contribution in [3.05, 3.63) is 42.6 Å². The maximum absolute atomic E-state index is 4.49. The third kappa shape index (κ3) is 3.00. The summed E-state index contributed by atoms with van der Waals surface area (Å²) in [6, 6.07) is 6.43. The average molecular weight is 349 g/mol. The van der Waals surface area contributed by atoms with Gasteiger partial charge in [-0.3, -0.25) is 4.98 Å².